The zero-order valence-electron chi connectivity index (χ0n) is 30.5. The zero-order chi connectivity index (χ0) is 38.0. The van der Waals surface area contributed by atoms with Gasteiger partial charge in [-0.1, -0.05) is 71.7 Å². The number of likely N-dealkylation sites (tertiary alicyclic amines) is 1. The van der Waals surface area contributed by atoms with E-state index in [2.05, 4.69) is 9.80 Å². The molecule has 2 unspecified atom stereocenters. The summed E-state index contributed by atoms with van der Waals surface area (Å²) in [6.45, 7) is 4.45. The number of rotatable bonds is 12. The number of carboxylic acids is 1. The van der Waals surface area contributed by atoms with Crippen molar-refractivity contribution in [1.82, 2.24) is 9.80 Å². The van der Waals surface area contributed by atoms with Crippen LogP contribution in [-0.2, 0) is 27.9 Å². The number of nitrogens with zero attached hydrogens (tertiary/aromatic N) is 3. The number of piperidine rings is 4. The van der Waals surface area contributed by atoms with E-state index in [0.717, 1.165) is 48.3 Å². The van der Waals surface area contributed by atoms with E-state index in [9.17, 15) is 19.9 Å². The molecule has 0 radical (unpaired) electrons. The Kier molecular flexibility index (Phi) is 11.4. The molecule has 4 aromatic rings. The van der Waals surface area contributed by atoms with Crippen LogP contribution in [-0.4, -0.2) is 73.4 Å². The lowest BCUT2D eigenvalue weighted by atomic mass is 9.64. The third-order valence-electron chi connectivity index (χ3n) is 11.8. The largest absolute Gasteiger partial charge is 0.549 e. The van der Waals surface area contributed by atoms with Gasteiger partial charge in [-0.2, -0.15) is 0 Å². The van der Waals surface area contributed by atoms with Crippen LogP contribution < -0.4 is 19.3 Å². The highest BCUT2D eigenvalue weighted by Gasteiger charge is 2.48. The van der Waals surface area contributed by atoms with Crippen LogP contribution in [0.15, 0.2) is 85.2 Å². The maximum atomic E-state index is 13.8. The number of carboxylic acid groups (broad SMARTS) is 1. The van der Waals surface area contributed by atoms with Crippen molar-refractivity contribution < 1.29 is 38.8 Å². The first kappa shape index (κ1) is 37.9. The van der Waals surface area contributed by atoms with Gasteiger partial charge in [0, 0.05) is 47.8 Å². The molecule has 4 atom stereocenters. The predicted molar refractivity (Wildman–Crippen MR) is 201 cm³/mol. The van der Waals surface area contributed by atoms with Gasteiger partial charge in [0.2, 0.25) is 12.4 Å². The van der Waals surface area contributed by atoms with E-state index < -0.39 is 23.5 Å². The number of pyridine rings is 1. The molecule has 54 heavy (non-hydrogen) atoms. The lowest BCUT2D eigenvalue weighted by Crippen LogP contribution is -2.62. The Morgan fingerprint density at radius 3 is 2.24 bits per heavy atom. The summed E-state index contributed by atoms with van der Waals surface area (Å²) >= 11 is 12.9. The lowest BCUT2D eigenvalue weighted by molar-refractivity contribution is -0.904. The molecule has 4 saturated heterocycles. The molecule has 0 spiro atoms. The van der Waals surface area contributed by atoms with Gasteiger partial charge in [-0.25, -0.2) is 4.79 Å². The molecule has 284 valence electrons. The van der Waals surface area contributed by atoms with Gasteiger partial charge in [-0.3, -0.25) is 10.1 Å². The molecule has 2 bridgehead atoms. The van der Waals surface area contributed by atoms with Crippen molar-refractivity contribution in [3.63, 3.8) is 0 Å². The molecule has 4 aliphatic heterocycles. The van der Waals surface area contributed by atoms with Gasteiger partial charge in [-0.05, 0) is 91.6 Å². The average Bonchev–Trinajstić information content (AvgIpc) is 3.19. The number of carbonyl (C=O) groups excluding carboxylic acids is 2. The Hall–Kier alpha value is -4.35. The van der Waals surface area contributed by atoms with Crippen molar-refractivity contribution in [2.75, 3.05) is 40.4 Å². The standard InChI is InChI=1S/C42H45Cl2N3O7/c1-52-37-13-12-30(20-39(37)53-2)38(21-32-34(43)25-47(51)26-35(32)44)54-40(48)29-10-8-27(9-11-29)23-46-19-16-42(41(49)50,31-6-4-3-5-7-31)22-36(46)33-24-45-17-14-28(33)15-18-45/h3-13,20,25-26,28,33,36,38H,14-19,21-24H2,1-2H3,(H-,49,50,51)/t33-,36?,38-,42?/m0/s1. The fourth-order valence-electron chi connectivity index (χ4n) is 8.85. The average molecular weight is 775 g/mol. The molecule has 8 rings (SSSR count). The minimum atomic E-state index is -1.04. The maximum absolute atomic E-state index is 13.8. The summed E-state index contributed by atoms with van der Waals surface area (Å²) < 4.78 is 17.9. The third kappa shape index (κ3) is 7.75. The summed E-state index contributed by atoms with van der Waals surface area (Å²) in [7, 11) is 3.07. The molecule has 0 amide bonds. The normalized spacial score (nSPS) is 24.4. The maximum Gasteiger partial charge on any atom is 0.338 e. The monoisotopic (exact) mass is 773 g/mol. The van der Waals surface area contributed by atoms with E-state index in [4.69, 9.17) is 37.4 Å². The van der Waals surface area contributed by atoms with Crippen LogP contribution in [0, 0.1) is 11.8 Å². The second kappa shape index (κ2) is 16.2. The van der Waals surface area contributed by atoms with E-state index in [0.29, 0.717) is 66.0 Å². The topological polar surface area (TPSA) is 115 Å². The first-order valence-corrected chi connectivity index (χ1v) is 19.2. The van der Waals surface area contributed by atoms with E-state index in [1.54, 1.807) is 37.4 Å². The van der Waals surface area contributed by atoms with Gasteiger partial charge in [0.15, 0.2) is 11.5 Å². The number of fused-ring (bicyclic) bond motifs is 3. The van der Waals surface area contributed by atoms with E-state index in [1.165, 1.54) is 19.5 Å². The SMILES string of the molecule is COc1ccc([C@H](Cc2c(Cl)c[n+](O)cc2Cl)OC(=O)c2ccc(CN3CCC(C(=O)[O-])(c4ccccc4)CC3[C@H]3CN4CCC3CC4)cc2)cc1OC. The van der Waals surface area contributed by atoms with Gasteiger partial charge < -0.3 is 29.0 Å². The van der Waals surface area contributed by atoms with Crippen molar-refractivity contribution in [1.29, 1.82) is 0 Å². The molecule has 5 heterocycles. The minimum Gasteiger partial charge on any atom is -0.549 e. The predicted octanol–water partition coefficient (Wildman–Crippen LogP) is 5.67. The Morgan fingerprint density at radius 2 is 1.63 bits per heavy atom. The number of hydrogen-bond acceptors (Lipinski definition) is 9. The summed E-state index contributed by atoms with van der Waals surface area (Å²) in [5.41, 5.74) is 2.31. The van der Waals surface area contributed by atoms with Crippen LogP contribution in [0.5, 0.6) is 11.5 Å². The summed E-state index contributed by atoms with van der Waals surface area (Å²) in [6, 6.07) is 22.4. The Bertz CT molecular complexity index is 1950. The number of benzene rings is 3. The Morgan fingerprint density at radius 1 is 0.944 bits per heavy atom. The van der Waals surface area contributed by atoms with Gasteiger partial charge >= 0.3 is 5.97 Å². The van der Waals surface area contributed by atoms with Gasteiger partial charge in [0.05, 0.1) is 25.8 Å². The number of ether oxygens (including phenoxy) is 3. The van der Waals surface area contributed by atoms with Crippen molar-refractivity contribution in [3.05, 3.63) is 123 Å². The van der Waals surface area contributed by atoms with Crippen molar-refractivity contribution in [3.8, 4) is 11.5 Å². The second-order valence-corrected chi connectivity index (χ2v) is 15.6. The number of aliphatic carboxylic acids is 1. The van der Waals surface area contributed by atoms with Crippen LogP contribution in [0.4, 0.5) is 0 Å². The summed E-state index contributed by atoms with van der Waals surface area (Å²) in [6.07, 6.45) is 5.21. The van der Waals surface area contributed by atoms with Crippen molar-refractivity contribution in [2.24, 2.45) is 11.8 Å². The zero-order valence-corrected chi connectivity index (χ0v) is 32.0. The third-order valence-corrected chi connectivity index (χ3v) is 12.5. The highest BCUT2D eigenvalue weighted by molar-refractivity contribution is 6.35. The summed E-state index contributed by atoms with van der Waals surface area (Å²) in [5, 5.41) is 23.3. The Labute approximate surface area is 325 Å². The van der Waals surface area contributed by atoms with Crippen LogP contribution in [0.2, 0.25) is 10.0 Å². The molecule has 12 heteroatoms. The first-order valence-electron chi connectivity index (χ1n) is 18.4. The number of carbonyl (C=O) groups is 2. The minimum absolute atomic E-state index is 0.0637. The molecule has 1 aromatic heterocycles. The van der Waals surface area contributed by atoms with Crippen LogP contribution in [0.3, 0.4) is 0 Å². The fraction of sp³-hybridized carbons (Fsp3) is 0.405. The molecule has 4 aliphatic rings. The second-order valence-electron chi connectivity index (χ2n) is 14.8. The molecule has 3 aromatic carbocycles. The van der Waals surface area contributed by atoms with E-state index in [1.807, 2.05) is 42.5 Å². The van der Waals surface area contributed by atoms with Crippen molar-refractivity contribution in [2.45, 2.75) is 56.2 Å². The smallest absolute Gasteiger partial charge is 0.338 e. The summed E-state index contributed by atoms with van der Waals surface area (Å²) in [5.74, 6) is 0.389. The Balaban J connectivity index is 1.12. The molecule has 1 N–H and O–H groups in total. The molecular weight excluding hydrogens is 729 g/mol. The fourth-order valence-corrected chi connectivity index (χ4v) is 9.46. The van der Waals surface area contributed by atoms with Crippen LogP contribution in [0.1, 0.15) is 64.4 Å². The lowest BCUT2D eigenvalue weighted by Gasteiger charge is -2.55. The van der Waals surface area contributed by atoms with E-state index >= 15 is 0 Å². The van der Waals surface area contributed by atoms with Crippen LogP contribution >= 0.6 is 23.2 Å². The molecule has 4 fully saturated rings. The number of hydrogen-bond donors (Lipinski definition) is 1. The molecule has 0 aliphatic carbocycles. The van der Waals surface area contributed by atoms with Crippen molar-refractivity contribution >= 4 is 35.1 Å². The highest BCUT2D eigenvalue weighted by Crippen LogP contribution is 2.45. The summed E-state index contributed by atoms with van der Waals surface area (Å²) in [4.78, 5) is 31.7. The van der Waals surface area contributed by atoms with Gasteiger partial charge in [0.1, 0.15) is 16.1 Å². The van der Waals surface area contributed by atoms with Gasteiger partial charge in [-0.15, -0.1) is 0 Å². The molecular formula is C42H45Cl2N3O7. The number of methoxy groups -OCH3 is 2. The quantitative estimate of drug-likeness (QED) is 0.111. The number of esters is 1. The molecule has 10 nitrogen and oxygen atoms in total. The van der Waals surface area contributed by atoms with Crippen LogP contribution in [0.25, 0.3) is 0 Å². The highest BCUT2D eigenvalue weighted by atomic mass is 35.5. The first-order chi connectivity index (χ1) is 26.1. The van der Waals surface area contributed by atoms with Gasteiger partial charge in [0.25, 0.3) is 0 Å². The molecule has 0 saturated carbocycles. The van der Waals surface area contributed by atoms with E-state index in [-0.39, 0.29) is 22.5 Å². The number of halogens is 2. The number of aromatic nitrogens is 1.